The average molecular weight is 298 g/mol. The van der Waals surface area contributed by atoms with Crippen LogP contribution in [0.25, 0.3) is 5.82 Å². The molecule has 2 aliphatic rings. The van der Waals surface area contributed by atoms with Gasteiger partial charge in [0, 0.05) is 29.5 Å². The zero-order valence-corrected chi connectivity index (χ0v) is 13.2. The van der Waals surface area contributed by atoms with E-state index in [1.807, 2.05) is 62.6 Å². The van der Waals surface area contributed by atoms with Gasteiger partial charge in [-0.05, 0) is 39.8 Å². The molecule has 0 atom stereocenters. The molecule has 0 aromatic carbocycles. The number of pyridine rings is 2. The van der Waals surface area contributed by atoms with Crippen molar-refractivity contribution in [2.75, 3.05) is 0 Å². The third-order valence-corrected chi connectivity index (χ3v) is 5.18. The molecular weight excluding hydrogens is 279 g/mol. The van der Waals surface area contributed by atoms with Crippen LogP contribution in [-0.2, 0) is 9.31 Å². The molecule has 0 amide bonds. The molecule has 0 radical (unpaired) electrons. The fourth-order valence-corrected chi connectivity index (χ4v) is 3.44. The topological polar surface area (TPSA) is 44.3 Å². The Morgan fingerprint density at radius 3 is 2.36 bits per heavy atom. The summed E-state index contributed by atoms with van der Waals surface area (Å²) < 4.78 is 16.6. The summed E-state index contributed by atoms with van der Waals surface area (Å²) in [5.41, 5.74) is -0.272. The maximum atomic E-state index is 12.4. The van der Waals surface area contributed by atoms with Crippen LogP contribution >= 0.6 is 0 Å². The van der Waals surface area contributed by atoms with E-state index in [1.54, 1.807) is 16.7 Å². The van der Waals surface area contributed by atoms with Gasteiger partial charge in [0.15, 0.2) is 0 Å². The molecule has 1 spiro atoms. The van der Waals surface area contributed by atoms with Crippen LogP contribution < -0.4 is 15.6 Å². The smallest absolute Gasteiger partial charge is 0.516 e. The molecular formula is C16H19BN2O3. The van der Waals surface area contributed by atoms with Crippen molar-refractivity contribution >= 4 is 12.3 Å². The van der Waals surface area contributed by atoms with Crippen LogP contribution in [0, 0.1) is 0 Å². The van der Waals surface area contributed by atoms with Crippen molar-refractivity contribution in [3.63, 3.8) is 0 Å². The highest BCUT2D eigenvalue weighted by Crippen LogP contribution is 2.41. The van der Waals surface area contributed by atoms with Crippen molar-refractivity contribution in [1.29, 1.82) is 0 Å². The van der Waals surface area contributed by atoms with Gasteiger partial charge in [-0.2, -0.15) is 4.57 Å². The van der Waals surface area contributed by atoms with Gasteiger partial charge in [-0.3, -0.25) is 0 Å². The molecule has 2 aliphatic heterocycles. The standard InChI is InChI=1S/C16H19BN2O3/c1-15(2)16(3,4)22-17(21-15)12-8-7-10-14(20)19(12)13-9-5-6-11-18(13)17/h5-11H,1-4H3. The van der Waals surface area contributed by atoms with Crippen LogP contribution in [0.15, 0.2) is 47.4 Å². The van der Waals surface area contributed by atoms with E-state index in [4.69, 9.17) is 9.31 Å². The van der Waals surface area contributed by atoms with Gasteiger partial charge in [0.05, 0.1) is 5.59 Å². The molecule has 0 bridgehead atoms. The van der Waals surface area contributed by atoms with E-state index in [1.165, 1.54) is 0 Å². The number of rotatable bonds is 0. The Labute approximate surface area is 129 Å². The fourth-order valence-electron chi connectivity index (χ4n) is 3.44. The summed E-state index contributed by atoms with van der Waals surface area (Å²) >= 11 is 0. The Hall–Kier alpha value is -1.92. The van der Waals surface area contributed by atoms with Gasteiger partial charge in [0.1, 0.15) is 0 Å². The van der Waals surface area contributed by atoms with Crippen LogP contribution in [0.1, 0.15) is 27.7 Å². The predicted molar refractivity (Wildman–Crippen MR) is 83.3 cm³/mol. The maximum Gasteiger partial charge on any atom is 0.521 e. The summed E-state index contributed by atoms with van der Waals surface area (Å²) in [6.45, 7) is 6.17. The molecule has 4 rings (SSSR count). The van der Waals surface area contributed by atoms with Gasteiger partial charge in [0.2, 0.25) is 5.82 Å². The van der Waals surface area contributed by atoms with E-state index in [2.05, 4.69) is 0 Å². The molecule has 1 fully saturated rings. The summed E-state index contributed by atoms with van der Waals surface area (Å²) in [5, 5.41) is 0. The maximum absolute atomic E-state index is 12.4. The zero-order chi connectivity index (χ0) is 15.8. The minimum Gasteiger partial charge on any atom is -0.516 e. The Balaban J connectivity index is 2.08. The van der Waals surface area contributed by atoms with E-state index in [0.29, 0.717) is 0 Å². The monoisotopic (exact) mass is 298 g/mol. The van der Waals surface area contributed by atoms with E-state index < -0.39 is 17.9 Å². The molecule has 0 unspecified atom stereocenters. The highest BCUT2D eigenvalue weighted by atomic mass is 16.7. The first-order valence-electron chi connectivity index (χ1n) is 7.57. The molecule has 114 valence electrons. The van der Waals surface area contributed by atoms with E-state index in [9.17, 15) is 4.79 Å². The van der Waals surface area contributed by atoms with Crippen LogP contribution in [0.3, 0.4) is 0 Å². The first kappa shape index (κ1) is 13.7. The Morgan fingerprint density at radius 1 is 1.00 bits per heavy atom. The van der Waals surface area contributed by atoms with Crippen LogP contribution in [0.5, 0.6) is 0 Å². The largest absolute Gasteiger partial charge is 0.521 e. The van der Waals surface area contributed by atoms with Crippen molar-refractivity contribution in [2.24, 2.45) is 0 Å². The molecule has 0 aliphatic carbocycles. The highest BCUT2D eigenvalue weighted by molar-refractivity contribution is 6.74. The Bertz CT molecular complexity index is 825. The van der Waals surface area contributed by atoms with Crippen LogP contribution in [0.4, 0.5) is 0 Å². The summed E-state index contributed by atoms with van der Waals surface area (Å²) in [4.78, 5) is 12.4. The van der Waals surface area contributed by atoms with Crippen molar-refractivity contribution in [1.82, 2.24) is 4.57 Å². The number of fused-ring (bicyclic) bond motifs is 5. The molecule has 5 nitrogen and oxygen atoms in total. The van der Waals surface area contributed by atoms with Gasteiger partial charge in [0.25, 0.3) is 0 Å². The quantitative estimate of drug-likeness (QED) is 0.674. The summed E-state index contributed by atoms with van der Waals surface area (Å²) in [6.07, 6.45) is 1.92. The first-order chi connectivity index (χ1) is 10.3. The van der Waals surface area contributed by atoms with Crippen LogP contribution in [0.2, 0.25) is 0 Å². The molecule has 1 saturated heterocycles. The van der Waals surface area contributed by atoms with Gasteiger partial charge in [-0.25, -0.2) is 4.79 Å². The predicted octanol–water partition coefficient (Wildman–Crippen LogP) is 0.737. The second kappa shape index (κ2) is 3.88. The van der Waals surface area contributed by atoms with Gasteiger partial charge < -0.3 is 13.8 Å². The minimum absolute atomic E-state index is 0.0779. The number of nitrogens with zero attached hydrogens (tertiary/aromatic N) is 2. The van der Waals surface area contributed by atoms with Crippen molar-refractivity contribution in [2.45, 2.75) is 38.9 Å². The molecule has 2 aromatic heterocycles. The van der Waals surface area contributed by atoms with Gasteiger partial charge in [-0.15, -0.1) is 0 Å². The van der Waals surface area contributed by atoms with E-state index >= 15 is 0 Å². The third kappa shape index (κ3) is 1.46. The summed E-state index contributed by atoms with van der Waals surface area (Å²) in [5.74, 6) is 0.775. The summed E-state index contributed by atoms with van der Waals surface area (Å²) in [7, 11) is 0. The normalized spacial score (nSPS) is 22.5. The molecule has 0 N–H and O–H groups in total. The highest BCUT2D eigenvalue weighted by Gasteiger charge is 2.63. The zero-order valence-electron chi connectivity index (χ0n) is 13.2. The molecule has 4 heterocycles. The minimum atomic E-state index is -1.93. The van der Waals surface area contributed by atoms with E-state index in [-0.39, 0.29) is 5.56 Å². The third-order valence-electron chi connectivity index (χ3n) is 5.18. The molecule has 22 heavy (non-hydrogen) atoms. The van der Waals surface area contributed by atoms with Gasteiger partial charge in [-0.1, -0.05) is 12.1 Å². The average Bonchev–Trinajstić information content (AvgIpc) is 2.81. The Kier molecular flexibility index (Phi) is 2.42. The lowest BCUT2D eigenvalue weighted by molar-refractivity contribution is -0.560. The first-order valence-corrected chi connectivity index (χ1v) is 7.57. The summed E-state index contributed by atoms with van der Waals surface area (Å²) in [6, 6.07) is 11.0. The number of aromatic nitrogens is 2. The molecule has 2 aromatic rings. The lowest BCUT2D eigenvalue weighted by atomic mass is 9.67. The lowest BCUT2D eigenvalue weighted by Crippen LogP contribution is -2.71. The number of hydrogen-bond acceptors (Lipinski definition) is 3. The van der Waals surface area contributed by atoms with Crippen molar-refractivity contribution < 1.29 is 13.8 Å². The van der Waals surface area contributed by atoms with Gasteiger partial charge >= 0.3 is 12.2 Å². The SMILES string of the molecule is CC1(C)O[B-]2(OC1(C)C)c1cccc(=O)n1-c1cccc[n+]12. The van der Waals surface area contributed by atoms with Crippen molar-refractivity contribution in [3.05, 3.63) is 52.9 Å². The fraction of sp³-hybridized carbons (Fsp3) is 0.375. The molecule has 6 heteroatoms. The lowest BCUT2D eigenvalue weighted by Gasteiger charge is -2.36. The Morgan fingerprint density at radius 2 is 1.68 bits per heavy atom. The van der Waals surface area contributed by atoms with Crippen molar-refractivity contribution in [3.8, 4) is 5.82 Å². The van der Waals surface area contributed by atoms with E-state index in [0.717, 1.165) is 11.4 Å². The molecule has 0 saturated carbocycles. The number of hydrogen-bond donors (Lipinski definition) is 0. The van der Waals surface area contributed by atoms with Crippen LogP contribution in [-0.4, -0.2) is 22.5 Å². The second-order valence-electron chi connectivity index (χ2n) is 7.02. The second-order valence-corrected chi connectivity index (χ2v) is 7.02.